The summed E-state index contributed by atoms with van der Waals surface area (Å²) < 4.78 is 25.4. The number of nitrogens with one attached hydrogen (secondary N) is 1. The molecule has 5 heteroatoms. The number of halogens is 2. The molecule has 20 heavy (non-hydrogen) atoms. The van der Waals surface area contributed by atoms with Gasteiger partial charge in [0.25, 0.3) is 0 Å². The maximum atomic E-state index is 14.0. The highest BCUT2D eigenvalue weighted by atomic mass is 35.5. The molecule has 0 saturated heterocycles. The van der Waals surface area contributed by atoms with Crippen molar-refractivity contribution in [1.29, 1.82) is 0 Å². The first-order chi connectivity index (χ1) is 9.69. The van der Waals surface area contributed by atoms with Gasteiger partial charge in [0, 0.05) is 22.2 Å². The molecule has 2 aromatic carbocycles. The Morgan fingerprint density at radius 1 is 1.25 bits per heavy atom. The maximum absolute atomic E-state index is 14.0. The fourth-order valence-electron chi connectivity index (χ4n) is 2.16. The summed E-state index contributed by atoms with van der Waals surface area (Å²) in [4.78, 5) is 0. The van der Waals surface area contributed by atoms with Gasteiger partial charge in [-0.3, -0.25) is 5.32 Å². The highest BCUT2D eigenvalue weighted by Gasteiger charge is 2.24. The third-order valence-electron chi connectivity index (χ3n) is 3.16. The maximum Gasteiger partial charge on any atom is 0.184 e. The van der Waals surface area contributed by atoms with Gasteiger partial charge in [-0.25, -0.2) is 4.39 Å². The summed E-state index contributed by atoms with van der Waals surface area (Å²) in [6, 6.07) is 9.86. The molecule has 1 atom stereocenters. The normalized spacial score (nSPS) is 17.1. The molecule has 0 amide bonds. The lowest BCUT2D eigenvalue weighted by atomic mass is 10.0. The Hall–Kier alpha value is -1.78. The van der Waals surface area contributed by atoms with Gasteiger partial charge in [-0.05, 0) is 19.2 Å². The molecule has 0 spiro atoms. The Morgan fingerprint density at radius 2 is 2.05 bits per heavy atom. The van der Waals surface area contributed by atoms with Gasteiger partial charge in [0.2, 0.25) is 0 Å². The molecule has 0 bridgehead atoms. The van der Waals surface area contributed by atoms with Crippen LogP contribution in [0, 0.1) is 5.82 Å². The quantitative estimate of drug-likeness (QED) is 0.920. The summed E-state index contributed by atoms with van der Waals surface area (Å²) in [5.74, 6) is 0.708. The van der Waals surface area contributed by atoms with Gasteiger partial charge >= 0.3 is 0 Å². The second-order valence-electron chi connectivity index (χ2n) is 4.47. The Labute approximate surface area is 121 Å². The van der Waals surface area contributed by atoms with E-state index in [1.54, 1.807) is 37.4 Å². The van der Waals surface area contributed by atoms with Gasteiger partial charge in [-0.2, -0.15) is 0 Å². The van der Waals surface area contributed by atoms with Crippen molar-refractivity contribution in [3.05, 3.63) is 47.2 Å². The van der Waals surface area contributed by atoms with Crippen molar-refractivity contribution in [3.8, 4) is 22.6 Å². The molecule has 2 aromatic rings. The van der Waals surface area contributed by atoms with Crippen molar-refractivity contribution in [1.82, 2.24) is 5.32 Å². The summed E-state index contributed by atoms with van der Waals surface area (Å²) in [7, 11) is 1.78. The summed E-state index contributed by atoms with van der Waals surface area (Å²) in [6.07, 6.45) is -0.269. The first-order valence-corrected chi connectivity index (χ1v) is 6.62. The molecule has 0 fully saturated rings. The first kappa shape index (κ1) is 13.2. The molecule has 3 nitrogen and oxygen atoms in total. The zero-order chi connectivity index (χ0) is 14.1. The molecule has 0 aliphatic carbocycles. The molecule has 1 unspecified atom stereocenters. The van der Waals surface area contributed by atoms with Gasteiger partial charge in [0.1, 0.15) is 12.4 Å². The fraction of sp³-hybridized carbons (Fsp3) is 0.200. The third kappa shape index (κ3) is 2.32. The molecule has 1 aliphatic rings. The molecule has 0 radical (unpaired) electrons. The minimum atomic E-state index is -0.327. The minimum absolute atomic E-state index is 0.269. The van der Waals surface area contributed by atoms with Crippen LogP contribution < -0.4 is 14.8 Å². The van der Waals surface area contributed by atoms with E-state index in [-0.39, 0.29) is 12.0 Å². The van der Waals surface area contributed by atoms with E-state index in [0.29, 0.717) is 34.3 Å². The van der Waals surface area contributed by atoms with Crippen molar-refractivity contribution < 1.29 is 13.9 Å². The van der Waals surface area contributed by atoms with Crippen molar-refractivity contribution in [2.75, 3.05) is 13.7 Å². The van der Waals surface area contributed by atoms with Crippen LogP contribution in [0.3, 0.4) is 0 Å². The van der Waals surface area contributed by atoms with Crippen LogP contribution >= 0.6 is 11.6 Å². The molecule has 0 aromatic heterocycles. The molecule has 1 N–H and O–H groups in total. The van der Waals surface area contributed by atoms with E-state index in [1.807, 2.05) is 0 Å². The number of ether oxygens (including phenoxy) is 2. The lowest BCUT2D eigenvalue weighted by Crippen LogP contribution is -2.39. The summed E-state index contributed by atoms with van der Waals surface area (Å²) in [6.45, 7) is 0.376. The van der Waals surface area contributed by atoms with Crippen LogP contribution in [0.2, 0.25) is 5.02 Å². The number of fused-ring (bicyclic) bond motifs is 1. The molecule has 3 rings (SSSR count). The van der Waals surface area contributed by atoms with Gasteiger partial charge in [0.15, 0.2) is 17.7 Å². The van der Waals surface area contributed by atoms with E-state index in [1.165, 1.54) is 6.07 Å². The Kier molecular flexibility index (Phi) is 3.51. The van der Waals surface area contributed by atoms with E-state index in [2.05, 4.69) is 5.32 Å². The minimum Gasteiger partial charge on any atom is -0.484 e. The largest absolute Gasteiger partial charge is 0.484 e. The van der Waals surface area contributed by atoms with Gasteiger partial charge in [0.05, 0.1) is 0 Å². The van der Waals surface area contributed by atoms with Crippen LogP contribution in [0.4, 0.5) is 4.39 Å². The number of hydrogen-bond donors (Lipinski definition) is 1. The smallest absolute Gasteiger partial charge is 0.184 e. The monoisotopic (exact) mass is 293 g/mol. The highest BCUT2D eigenvalue weighted by Crippen LogP contribution is 2.43. The zero-order valence-electron chi connectivity index (χ0n) is 10.8. The Bertz CT molecular complexity index is 648. The van der Waals surface area contributed by atoms with E-state index >= 15 is 0 Å². The number of benzene rings is 2. The van der Waals surface area contributed by atoms with Crippen LogP contribution in [-0.4, -0.2) is 19.9 Å². The number of rotatable bonds is 2. The van der Waals surface area contributed by atoms with E-state index in [0.717, 1.165) is 0 Å². The van der Waals surface area contributed by atoms with Gasteiger partial charge in [-0.15, -0.1) is 0 Å². The summed E-state index contributed by atoms with van der Waals surface area (Å²) >= 11 is 6.08. The molecule has 1 aliphatic heterocycles. The predicted molar refractivity (Wildman–Crippen MR) is 75.8 cm³/mol. The molecule has 104 valence electrons. The zero-order valence-corrected chi connectivity index (χ0v) is 11.6. The second-order valence-corrected chi connectivity index (χ2v) is 4.90. The molecule has 1 heterocycles. The van der Waals surface area contributed by atoms with Gasteiger partial charge < -0.3 is 9.47 Å². The Balaban J connectivity index is 2.16. The lowest BCUT2D eigenvalue weighted by molar-refractivity contribution is 0.0733. The van der Waals surface area contributed by atoms with Crippen molar-refractivity contribution in [2.24, 2.45) is 0 Å². The molecular formula is C15H13ClFNO2. The fourth-order valence-corrected chi connectivity index (χ4v) is 2.37. The lowest BCUT2D eigenvalue weighted by Gasteiger charge is -2.28. The molecular weight excluding hydrogens is 281 g/mol. The summed E-state index contributed by atoms with van der Waals surface area (Å²) in [5.41, 5.74) is 1.03. The van der Waals surface area contributed by atoms with Crippen LogP contribution in [0.25, 0.3) is 11.1 Å². The number of hydrogen-bond acceptors (Lipinski definition) is 3. The van der Waals surface area contributed by atoms with E-state index in [9.17, 15) is 4.39 Å². The van der Waals surface area contributed by atoms with Crippen LogP contribution in [0.5, 0.6) is 11.5 Å². The SMILES string of the molecule is CNC1COc2cc(Cl)cc(-c3ccccc3F)c2O1. The Morgan fingerprint density at radius 3 is 2.80 bits per heavy atom. The topological polar surface area (TPSA) is 30.5 Å². The average Bonchev–Trinajstić information content (AvgIpc) is 2.46. The molecule has 0 saturated carbocycles. The van der Waals surface area contributed by atoms with Crippen molar-refractivity contribution in [2.45, 2.75) is 6.23 Å². The standard InChI is InChI=1S/C15H13ClFNO2/c1-18-14-8-19-13-7-9(16)6-11(15(13)20-14)10-4-2-3-5-12(10)17/h2-7,14,18H,8H2,1H3. The average molecular weight is 294 g/mol. The second kappa shape index (κ2) is 5.31. The van der Waals surface area contributed by atoms with E-state index in [4.69, 9.17) is 21.1 Å². The van der Waals surface area contributed by atoms with Crippen molar-refractivity contribution >= 4 is 11.6 Å². The van der Waals surface area contributed by atoms with Gasteiger partial charge in [-0.1, -0.05) is 29.8 Å². The van der Waals surface area contributed by atoms with Crippen LogP contribution in [0.15, 0.2) is 36.4 Å². The van der Waals surface area contributed by atoms with Crippen molar-refractivity contribution in [3.63, 3.8) is 0 Å². The third-order valence-corrected chi connectivity index (χ3v) is 3.37. The first-order valence-electron chi connectivity index (χ1n) is 6.24. The summed E-state index contributed by atoms with van der Waals surface area (Å²) in [5, 5.41) is 3.46. The number of likely N-dealkylation sites (N-methyl/N-ethyl adjacent to an activating group) is 1. The highest BCUT2D eigenvalue weighted by molar-refractivity contribution is 6.31. The van der Waals surface area contributed by atoms with E-state index < -0.39 is 0 Å². The predicted octanol–water partition coefficient (Wildman–Crippen LogP) is 3.46. The van der Waals surface area contributed by atoms with Crippen LogP contribution in [0.1, 0.15) is 0 Å². The van der Waals surface area contributed by atoms with Crippen LogP contribution in [-0.2, 0) is 0 Å².